The SMILES string of the molecule is CCC(C#N)N1CCN(c2nccn3nccc23)CC1. The van der Waals surface area contributed by atoms with E-state index in [1.165, 1.54) is 0 Å². The van der Waals surface area contributed by atoms with E-state index in [4.69, 9.17) is 5.26 Å². The predicted molar refractivity (Wildman–Crippen MR) is 76.5 cm³/mol. The summed E-state index contributed by atoms with van der Waals surface area (Å²) in [7, 11) is 0. The Bertz CT molecular complexity index is 620. The molecule has 1 atom stereocenters. The lowest BCUT2D eigenvalue weighted by atomic mass is 10.2. The molecule has 0 radical (unpaired) electrons. The van der Waals surface area contributed by atoms with Gasteiger partial charge in [0, 0.05) is 38.6 Å². The third-order valence-corrected chi connectivity index (χ3v) is 3.89. The fraction of sp³-hybridized carbons (Fsp3) is 0.500. The molecule has 0 N–H and O–H groups in total. The van der Waals surface area contributed by atoms with Gasteiger partial charge in [-0.25, -0.2) is 9.50 Å². The van der Waals surface area contributed by atoms with Crippen LogP contribution in [0.1, 0.15) is 13.3 Å². The fourth-order valence-electron chi connectivity index (χ4n) is 2.76. The summed E-state index contributed by atoms with van der Waals surface area (Å²) in [6.07, 6.45) is 6.32. The fourth-order valence-corrected chi connectivity index (χ4v) is 2.76. The molecule has 1 unspecified atom stereocenters. The maximum absolute atomic E-state index is 9.15. The number of nitrogens with zero attached hydrogens (tertiary/aromatic N) is 6. The third kappa shape index (κ3) is 2.21. The topological polar surface area (TPSA) is 60.5 Å². The van der Waals surface area contributed by atoms with Crippen LogP contribution in [0.25, 0.3) is 5.52 Å². The summed E-state index contributed by atoms with van der Waals surface area (Å²) in [6.45, 7) is 5.67. The monoisotopic (exact) mass is 270 g/mol. The number of piperazine rings is 1. The molecule has 0 aromatic carbocycles. The van der Waals surface area contributed by atoms with E-state index in [-0.39, 0.29) is 6.04 Å². The number of rotatable bonds is 3. The zero-order chi connectivity index (χ0) is 13.9. The number of nitriles is 1. The lowest BCUT2D eigenvalue weighted by Gasteiger charge is -2.37. The van der Waals surface area contributed by atoms with Crippen LogP contribution in [0.15, 0.2) is 24.7 Å². The lowest BCUT2D eigenvalue weighted by Crippen LogP contribution is -2.50. The minimum absolute atomic E-state index is 0.0378. The van der Waals surface area contributed by atoms with E-state index in [1.807, 2.05) is 16.8 Å². The van der Waals surface area contributed by atoms with Gasteiger partial charge in [-0.1, -0.05) is 6.92 Å². The van der Waals surface area contributed by atoms with Gasteiger partial charge >= 0.3 is 0 Å². The largest absolute Gasteiger partial charge is 0.352 e. The first-order chi connectivity index (χ1) is 9.83. The molecule has 2 aromatic rings. The summed E-state index contributed by atoms with van der Waals surface area (Å²) in [4.78, 5) is 9.03. The molecule has 1 fully saturated rings. The van der Waals surface area contributed by atoms with Gasteiger partial charge in [-0.2, -0.15) is 10.4 Å². The average Bonchev–Trinajstić information content (AvgIpc) is 2.98. The van der Waals surface area contributed by atoms with Crippen molar-refractivity contribution in [2.24, 2.45) is 0 Å². The summed E-state index contributed by atoms with van der Waals surface area (Å²) >= 11 is 0. The van der Waals surface area contributed by atoms with Gasteiger partial charge in [0.15, 0.2) is 5.82 Å². The van der Waals surface area contributed by atoms with Crippen LogP contribution in [0.3, 0.4) is 0 Å². The first-order valence-corrected chi connectivity index (χ1v) is 7.00. The molecule has 3 heterocycles. The second-order valence-corrected chi connectivity index (χ2v) is 4.99. The molecule has 0 aliphatic carbocycles. The molecule has 0 amide bonds. The van der Waals surface area contributed by atoms with Gasteiger partial charge in [0.1, 0.15) is 5.52 Å². The molecular formula is C14H18N6. The Morgan fingerprint density at radius 3 is 2.80 bits per heavy atom. The van der Waals surface area contributed by atoms with E-state index in [0.717, 1.165) is 43.9 Å². The van der Waals surface area contributed by atoms with Gasteiger partial charge < -0.3 is 4.90 Å². The van der Waals surface area contributed by atoms with Crippen LogP contribution in [0.4, 0.5) is 5.82 Å². The van der Waals surface area contributed by atoms with E-state index in [0.29, 0.717) is 0 Å². The molecule has 0 spiro atoms. The highest BCUT2D eigenvalue weighted by atomic mass is 15.3. The van der Waals surface area contributed by atoms with Crippen LogP contribution in [0.5, 0.6) is 0 Å². The van der Waals surface area contributed by atoms with E-state index >= 15 is 0 Å². The zero-order valence-corrected chi connectivity index (χ0v) is 11.6. The first-order valence-electron chi connectivity index (χ1n) is 7.00. The standard InChI is InChI=1S/C14H18N6/c1-2-12(11-15)18-7-9-19(10-8-18)14-13-3-4-17-20(13)6-5-16-14/h3-6,12H,2,7-10H2,1H3. The Kier molecular flexibility index (Phi) is 3.52. The van der Waals surface area contributed by atoms with Crippen molar-refractivity contribution in [1.82, 2.24) is 19.5 Å². The second kappa shape index (κ2) is 5.47. The Labute approximate surface area is 118 Å². The van der Waals surface area contributed by atoms with Gasteiger partial charge in [-0.15, -0.1) is 0 Å². The van der Waals surface area contributed by atoms with Crippen LogP contribution in [-0.2, 0) is 0 Å². The molecule has 104 valence electrons. The summed E-state index contributed by atoms with van der Waals surface area (Å²) in [6, 6.07) is 4.40. The molecular weight excluding hydrogens is 252 g/mol. The molecule has 6 nitrogen and oxygen atoms in total. The third-order valence-electron chi connectivity index (χ3n) is 3.89. The number of hydrogen-bond acceptors (Lipinski definition) is 5. The van der Waals surface area contributed by atoms with Crippen LogP contribution in [0.2, 0.25) is 0 Å². The van der Waals surface area contributed by atoms with Crippen molar-refractivity contribution in [2.45, 2.75) is 19.4 Å². The highest BCUT2D eigenvalue weighted by Crippen LogP contribution is 2.20. The van der Waals surface area contributed by atoms with Gasteiger partial charge in [0.2, 0.25) is 0 Å². The number of aromatic nitrogens is 3. The lowest BCUT2D eigenvalue weighted by molar-refractivity contribution is 0.216. The normalized spacial score (nSPS) is 18.1. The Morgan fingerprint density at radius 2 is 2.10 bits per heavy atom. The average molecular weight is 270 g/mol. The van der Waals surface area contributed by atoms with Crippen molar-refractivity contribution in [3.05, 3.63) is 24.7 Å². The van der Waals surface area contributed by atoms with Gasteiger partial charge in [-0.05, 0) is 12.5 Å². The van der Waals surface area contributed by atoms with Crippen molar-refractivity contribution in [3.63, 3.8) is 0 Å². The van der Waals surface area contributed by atoms with Crippen LogP contribution < -0.4 is 4.90 Å². The number of hydrogen-bond donors (Lipinski definition) is 0. The van der Waals surface area contributed by atoms with E-state index in [2.05, 4.69) is 32.9 Å². The minimum atomic E-state index is 0.0378. The minimum Gasteiger partial charge on any atom is -0.352 e. The van der Waals surface area contributed by atoms with Crippen molar-refractivity contribution in [1.29, 1.82) is 5.26 Å². The first kappa shape index (κ1) is 12.9. The number of fused-ring (bicyclic) bond motifs is 1. The van der Waals surface area contributed by atoms with E-state index in [1.54, 1.807) is 12.4 Å². The van der Waals surface area contributed by atoms with Crippen LogP contribution >= 0.6 is 0 Å². The van der Waals surface area contributed by atoms with Crippen molar-refractivity contribution in [2.75, 3.05) is 31.1 Å². The van der Waals surface area contributed by atoms with E-state index in [9.17, 15) is 0 Å². The molecule has 6 heteroatoms. The maximum Gasteiger partial charge on any atom is 0.154 e. The smallest absolute Gasteiger partial charge is 0.154 e. The van der Waals surface area contributed by atoms with E-state index < -0.39 is 0 Å². The Morgan fingerprint density at radius 1 is 1.30 bits per heavy atom. The predicted octanol–water partition coefficient (Wildman–Crippen LogP) is 1.15. The van der Waals surface area contributed by atoms with Gasteiger partial charge in [0.25, 0.3) is 0 Å². The molecule has 20 heavy (non-hydrogen) atoms. The summed E-state index contributed by atoms with van der Waals surface area (Å²) in [5.41, 5.74) is 1.04. The molecule has 1 aliphatic heterocycles. The Balaban J connectivity index is 1.75. The zero-order valence-electron chi connectivity index (χ0n) is 11.6. The van der Waals surface area contributed by atoms with Gasteiger partial charge in [-0.3, -0.25) is 4.90 Å². The summed E-state index contributed by atoms with van der Waals surface area (Å²) in [5, 5.41) is 13.4. The molecule has 1 aliphatic rings. The van der Waals surface area contributed by atoms with Crippen molar-refractivity contribution < 1.29 is 0 Å². The number of anilines is 1. The summed E-state index contributed by atoms with van der Waals surface area (Å²) < 4.78 is 1.85. The van der Waals surface area contributed by atoms with Crippen molar-refractivity contribution >= 4 is 11.3 Å². The molecule has 3 rings (SSSR count). The molecule has 1 saturated heterocycles. The van der Waals surface area contributed by atoms with Crippen molar-refractivity contribution in [3.8, 4) is 6.07 Å². The quantitative estimate of drug-likeness (QED) is 0.837. The van der Waals surface area contributed by atoms with Crippen LogP contribution in [-0.4, -0.2) is 51.7 Å². The second-order valence-electron chi connectivity index (χ2n) is 4.99. The highest BCUT2D eigenvalue weighted by molar-refractivity contribution is 5.68. The molecule has 0 saturated carbocycles. The highest BCUT2D eigenvalue weighted by Gasteiger charge is 2.24. The molecule has 0 bridgehead atoms. The Hall–Kier alpha value is -2.13. The molecule has 2 aromatic heterocycles. The summed E-state index contributed by atoms with van der Waals surface area (Å²) in [5.74, 6) is 0.981. The van der Waals surface area contributed by atoms with Gasteiger partial charge in [0.05, 0.1) is 18.3 Å². The van der Waals surface area contributed by atoms with Crippen LogP contribution in [0, 0.1) is 11.3 Å². The maximum atomic E-state index is 9.15.